The number of hydrazine groups is 1. The van der Waals surface area contributed by atoms with Crippen LogP contribution in [0.15, 0.2) is 21.5 Å². The van der Waals surface area contributed by atoms with Crippen LogP contribution in [0.25, 0.3) is 0 Å². The standard InChI is InChI=1S/C13H22BrN3O2S/c1-5-6-15-9-11-7-12(14)10(2)13(8-11)20(18,19)16-17(3)4/h7-8,15-16H,5-6,9H2,1-4H3. The summed E-state index contributed by atoms with van der Waals surface area (Å²) in [6.07, 6.45) is 1.04. The molecule has 5 nitrogen and oxygen atoms in total. The molecule has 2 N–H and O–H groups in total. The second-order valence-corrected chi connectivity index (χ2v) is 7.35. The van der Waals surface area contributed by atoms with Crippen molar-refractivity contribution in [3.05, 3.63) is 27.7 Å². The lowest BCUT2D eigenvalue weighted by Crippen LogP contribution is -2.36. The van der Waals surface area contributed by atoms with Gasteiger partial charge < -0.3 is 5.32 Å². The molecule has 0 amide bonds. The molecule has 0 fully saturated rings. The lowest BCUT2D eigenvalue weighted by atomic mass is 10.1. The topological polar surface area (TPSA) is 61.4 Å². The zero-order chi connectivity index (χ0) is 15.3. The first kappa shape index (κ1) is 17.6. The fourth-order valence-electron chi connectivity index (χ4n) is 1.79. The highest BCUT2D eigenvalue weighted by atomic mass is 79.9. The Kier molecular flexibility index (Phi) is 6.60. The molecule has 0 aromatic heterocycles. The lowest BCUT2D eigenvalue weighted by molar-refractivity contribution is 0.364. The van der Waals surface area contributed by atoms with Gasteiger partial charge in [-0.15, -0.1) is 4.83 Å². The molecule has 7 heteroatoms. The van der Waals surface area contributed by atoms with Gasteiger partial charge >= 0.3 is 0 Å². The number of hydrogen-bond donors (Lipinski definition) is 2. The van der Waals surface area contributed by atoms with Crippen LogP contribution in [0.3, 0.4) is 0 Å². The number of nitrogens with zero attached hydrogens (tertiary/aromatic N) is 1. The third-order valence-corrected chi connectivity index (χ3v) is 5.14. The first-order valence-corrected chi connectivity index (χ1v) is 8.75. The molecule has 0 radical (unpaired) electrons. The largest absolute Gasteiger partial charge is 0.313 e. The highest BCUT2D eigenvalue weighted by molar-refractivity contribution is 9.10. The molecule has 1 aromatic rings. The number of benzene rings is 1. The van der Waals surface area contributed by atoms with E-state index in [1.165, 1.54) is 5.01 Å². The van der Waals surface area contributed by atoms with Crippen molar-refractivity contribution in [1.29, 1.82) is 0 Å². The summed E-state index contributed by atoms with van der Waals surface area (Å²) in [5.41, 5.74) is 1.65. The molecule has 1 aromatic carbocycles. The number of rotatable bonds is 7. The van der Waals surface area contributed by atoms with Crippen molar-refractivity contribution in [2.75, 3.05) is 20.6 Å². The van der Waals surface area contributed by atoms with Crippen LogP contribution in [0.5, 0.6) is 0 Å². The molecule has 0 aliphatic rings. The van der Waals surface area contributed by atoms with Crippen LogP contribution in [0.1, 0.15) is 24.5 Å². The zero-order valence-corrected chi connectivity index (χ0v) is 14.7. The maximum absolute atomic E-state index is 12.3. The number of halogens is 1. The molecule has 0 bridgehead atoms. The summed E-state index contributed by atoms with van der Waals surface area (Å²) in [6.45, 7) is 5.44. The van der Waals surface area contributed by atoms with E-state index < -0.39 is 10.0 Å². The van der Waals surface area contributed by atoms with Crippen LogP contribution < -0.4 is 10.1 Å². The second-order valence-electron chi connectivity index (χ2n) is 4.87. The molecule has 0 saturated heterocycles. The van der Waals surface area contributed by atoms with Gasteiger partial charge in [-0.1, -0.05) is 22.9 Å². The molecule has 20 heavy (non-hydrogen) atoms. The minimum atomic E-state index is -3.55. The maximum atomic E-state index is 12.3. The van der Waals surface area contributed by atoms with Crippen molar-refractivity contribution in [2.24, 2.45) is 0 Å². The molecule has 0 heterocycles. The van der Waals surface area contributed by atoms with Crippen molar-refractivity contribution in [1.82, 2.24) is 15.2 Å². The van der Waals surface area contributed by atoms with Crippen molar-refractivity contribution in [2.45, 2.75) is 31.7 Å². The molecule has 0 aliphatic carbocycles. The molecule has 0 unspecified atom stereocenters. The summed E-state index contributed by atoms with van der Waals surface area (Å²) < 4.78 is 25.4. The normalized spacial score (nSPS) is 12.1. The summed E-state index contributed by atoms with van der Waals surface area (Å²) >= 11 is 3.43. The molecule has 0 atom stereocenters. The lowest BCUT2D eigenvalue weighted by Gasteiger charge is -2.16. The van der Waals surface area contributed by atoms with Crippen molar-refractivity contribution < 1.29 is 8.42 Å². The molecule has 1 rings (SSSR count). The molecule has 0 aliphatic heterocycles. The Hall–Kier alpha value is -0.470. The van der Waals surface area contributed by atoms with Crippen LogP contribution in [-0.2, 0) is 16.6 Å². The summed E-state index contributed by atoms with van der Waals surface area (Å²) in [6, 6.07) is 3.67. The fraction of sp³-hybridized carbons (Fsp3) is 0.538. The van der Waals surface area contributed by atoms with E-state index in [1.807, 2.05) is 6.07 Å². The Morgan fingerprint density at radius 1 is 1.30 bits per heavy atom. The smallest absolute Gasteiger partial charge is 0.253 e. The van der Waals surface area contributed by atoms with Crippen LogP contribution in [-0.4, -0.2) is 34.1 Å². The Morgan fingerprint density at radius 2 is 1.95 bits per heavy atom. The molecular formula is C13H22BrN3O2S. The van der Waals surface area contributed by atoms with E-state index in [2.05, 4.69) is 33.0 Å². The van der Waals surface area contributed by atoms with E-state index in [4.69, 9.17) is 0 Å². The first-order chi connectivity index (χ1) is 9.27. The van der Waals surface area contributed by atoms with Gasteiger partial charge in [-0.05, 0) is 43.1 Å². The van der Waals surface area contributed by atoms with Crippen LogP contribution in [0.4, 0.5) is 0 Å². The van der Waals surface area contributed by atoms with Gasteiger partial charge in [-0.2, -0.15) is 0 Å². The van der Waals surface area contributed by atoms with E-state index in [0.29, 0.717) is 17.0 Å². The summed E-state index contributed by atoms with van der Waals surface area (Å²) in [4.78, 5) is 2.76. The van der Waals surface area contributed by atoms with Gasteiger partial charge in [-0.25, -0.2) is 13.4 Å². The summed E-state index contributed by atoms with van der Waals surface area (Å²) in [5, 5.41) is 4.69. The van der Waals surface area contributed by atoms with Gasteiger partial charge in [-0.3, -0.25) is 0 Å². The van der Waals surface area contributed by atoms with Gasteiger partial charge in [0.05, 0.1) is 4.90 Å². The average Bonchev–Trinajstić information content (AvgIpc) is 2.31. The van der Waals surface area contributed by atoms with Gasteiger partial charge in [0.2, 0.25) is 0 Å². The Balaban J connectivity index is 3.12. The highest BCUT2D eigenvalue weighted by Crippen LogP contribution is 2.25. The SMILES string of the molecule is CCCNCc1cc(Br)c(C)c(S(=O)(=O)NN(C)C)c1. The van der Waals surface area contributed by atoms with Crippen molar-refractivity contribution >= 4 is 26.0 Å². The summed E-state index contributed by atoms with van der Waals surface area (Å²) in [5.74, 6) is 0. The summed E-state index contributed by atoms with van der Waals surface area (Å²) in [7, 11) is -0.253. The van der Waals surface area contributed by atoms with Gasteiger partial charge in [0.25, 0.3) is 10.0 Å². The number of nitrogens with one attached hydrogen (secondary N) is 2. The monoisotopic (exact) mass is 363 g/mol. The molecule has 0 saturated carbocycles. The van der Waals surface area contributed by atoms with Gasteiger partial charge in [0.1, 0.15) is 0 Å². The van der Waals surface area contributed by atoms with E-state index in [9.17, 15) is 8.42 Å². The van der Waals surface area contributed by atoms with Gasteiger partial charge in [0, 0.05) is 25.1 Å². The van der Waals surface area contributed by atoms with Crippen molar-refractivity contribution in [3.8, 4) is 0 Å². The van der Waals surface area contributed by atoms with E-state index in [-0.39, 0.29) is 0 Å². The number of sulfonamides is 1. The molecule has 114 valence electrons. The van der Waals surface area contributed by atoms with E-state index in [1.54, 1.807) is 27.1 Å². The van der Waals surface area contributed by atoms with E-state index in [0.717, 1.165) is 23.0 Å². The second kappa shape index (κ2) is 7.51. The molecule has 0 spiro atoms. The Morgan fingerprint density at radius 3 is 2.50 bits per heavy atom. The minimum absolute atomic E-state index is 0.300. The first-order valence-electron chi connectivity index (χ1n) is 6.47. The quantitative estimate of drug-likeness (QED) is 0.574. The van der Waals surface area contributed by atoms with Crippen LogP contribution >= 0.6 is 15.9 Å². The maximum Gasteiger partial charge on any atom is 0.253 e. The zero-order valence-electron chi connectivity index (χ0n) is 12.3. The van der Waals surface area contributed by atoms with Crippen LogP contribution in [0.2, 0.25) is 0 Å². The van der Waals surface area contributed by atoms with Crippen LogP contribution in [0, 0.1) is 6.92 Å². The highest BCUT2D eigenvalue weighted by Gasteiger charge is 2.20. The third-order valence-electron chi connectivity index (χ3n) is 2.70. The predicted octanol–water partition coefficient (Wildman–Crippen LogP) is 2.01. The Labute approximate surface area is 129 Å². The third kappa shape index (κ3) is 4.82. The van der Waals surface area contributed by atoms with E-state index >= 15 is 0 Å². The number of hydrogen-bond acceptors (Lipinski definition) is 4. The van der Waals surface area contributed by atoms with Crippen molar-refractivity contribution in [3.63, 3.8) is 0 Å². The predicted molar refractivity (Wildman–Crippen MR) is 84.9 cm³/mol. The fourth-order valence-corrected chi connectivity index (χ4v) is 3.82. The minimum Gasteiger partial charge on any atom is -0.313 e. The average molecular weight is 364 g/mol. The van der Waals surface area contributed by atoms with Gasteiger partial charge in [0.15, 0.2) is 0 Å². The molecular weight excluding hydrogens is 342 g/mol. The Bertz CT molecular complexity index is 559.